The van der Waals surface area contributed by atoms with Gasteiger partial charge in [-0.05, 0) is 55.0 Å². The Balaban J connectivity index is 2.19. The molecule has 2 aromatic rings. The summed E-state index contributed by atoms with van der Waals surface area (Å²) in [4.78, 5) is 2.27. The summed E-state index contributed by atoms with van der Waals surface area (Å²) in [6, 6.07) is 13.3. The van der Waals surface area contributed by atoms with Gasteiger partial charge in [-0.15, -0.1) is 0 Å². The van der Waals surface area contributed by atoms with Crippen LogP contribution >= 0.6 is 11.8 Å². The number of phenols is 1. The number of methoxy groups -OCH3 is 1. The maximum atomic E-state index is 9.21. The number of rotatable bonds is 3. The van der Waals surface area contributed by atoms with Gasteiger partial charge in [0.15, 0.2) is 0 Å². The number of ether oxygens (including phenoxy) is 1. The fourth-order valence-electron chi connectivity index (χ4n) is 1.56. The SMILES string of the molecule is COc1ccc(Sc2ccc(O)cc2)cc1C. The monoisotopic (exact) mass is 246 g/mol. The molecule has 2 aromatic carbocycles. The van der Waals surface area contributed by atoms with Crippen molar-refractivity contribution in [2.45, 2.75) is 16.7 Å². The van der Waals surface area contributed by atoms with Crippen LogP contribution in [0.2, 0.25) is 0 Å². The zero-order chi connectivity index (χ0) is 12.3. The molecule has 0 fully saturated rings. The quantitative estimate of drug-likeness (QED) is 0.891. The molecule has 0 aliphatic heterocycles. The van der Waals surface area contributed by atoms with Gasteiger partial charge in [-0.1, -0.05) is 11.8 Å². The van der Waals surface area contributed by atoms with E-state index in [0.717, 1.165) is 21.1 Å². The molecule has 0 aliphatic rings. The molecule has 0 saturated carbocycles. The second kappa shape index (κ2) is 5.15. The molecule has 0 aliphatic carbocycles. The normalized spacial score (nSPS) is 10.2. The highest BCUT2D eigenvalue weighted by Gasteiger charge is 2.02. The highest BCUT2D eigenvalue weighted by Crippen LogP contribution is 2.31. The number of aromatic hydroxyl groups is 1. The molecule has 88 valence electrons. The van der Waals surface area contributed by atoms with E-state index in [1.54, 1.807) is 31.0 Å². The van der Waals surface area contributed by atoms with Crippen LogP contribution in [0.15, 0.2) is 52.3 Å². The minimum atomic E-state index is 0.292. The van der Waals surface area contributed by atoms with E-state index in [0.29, 0.717) is 5.75 Å². The molecule has 0 amide bonds. The van der Waals surface area contributed by atoms with Crippen molar-refractivity contribution in [2.24, 2.45) is 0 Å². The van der Waals surface area contributed by atoms with Gasteiger partial charge in [0.05, 0.1) is 7.11 Å². The molecule has 2 nitrogen and oxygen atoms in total. The van der Waals surface area contributed by atoms with Crippen LogP contribution in [-0.2, 0) is 0 Å². The predicted molar refractivity (Wildman–Crippen MR) is 70.0 cm³/mol. The highest BCUT2D eigenvalue weighted by atomic mass is 32.2. The second-order valence-corrected chi connectivity index (χ2v) is 4.87. The Bertz CT molecular complexity index is 506. The molecule has 0 saturated heterocycles. The van der Waals surface area contributed by atoms with E-state index in [9.17, 15) is 5.11 Å². The average molecular weight is 246 g/mol. The van der Waals surface area contributed by atoms with E-state index in [-0.39, 0.29) is 0 Å². The molecule has 0 atom stereocenters. The summed E-state index contributed by atoms with van der Waals surface area (Å²) in [5, 5.41) is 9.21. The molecule has 0 aromatic heterocycles. The predicted octanol–water partition coefficient (Wildman–Crippen LogP) is 3.86. The summed E-state index contributed by atoms with van der Waals surface area (Å²) < 4.78 is 5.22. The van der Waals surface area contributed by atoms with Gasteiger partial charge in [0, 0.05) is 9.79 Å². The van der Waals surface area contributed by atoms with Crippen molar-refractivity contribution in [3.8, 4) is 11.5 Å². The Labute approximate surface area is 105 Å². The van der Waals surface area contributed by atoms with Crippen LogP contribution < -0.4 is 4.74 Å². The van der Waals surface area contributed by atoms with Crippen molar-refractivity contribution in [3.05, 3.63) is 48.0 Å². The van der Waals surface area contributed by atoms with E-state index in [2.05, 4.69) is 6.07 Å². The molecule has 0 spiro atoms. The third-order valence-electron chi connectivity index (χ3n) is 2.44. The molecule has 1 N–H and O–H groups in total. The maximum Gasteiger partial charge on any atom is 0.121 e. The van der Waals surface area contributed by atoms with Crippen molar-refractivity contribution in [1.82, 2.24) is 0 Å². The van der Waals surface area contributed by atoms with Crippen LogP contribution in [-0.4, -0.2) is 12.2 Å². The van der Waals surface area contributed by atoms with E-state index in [4.69, 9.17) is 4.74 Å². The third kappa shape index (κ3) is 2.94. The fraction of sp³-hybridized carbons (Fsp3) is 0.143. The van der Waals surface area contributed by atoms with Gasteiger partial charge >= 0.3 is 0 Å². The lowest BCUT2D eigenvalue weighted by Crippen LogP contribution is -1.86. The first-order valence-corrected chi connectivity index (χ1v) is 6.12. The summed E-state index contributed by atoms with van der Waals surface area (Å²) in [6.07, 6.45) is 0. The standard InChI is InChI=1S/C14H14O2S/c1-10-9-13(7-8-14(10)16-2)17-12-5-3-11(15)4-6-12/h3-9,15H,1-2H3. The fourth-order valence-corrected chi connectivity index (χ4v) is 2.48. The van der Waals surface area contributed by atoms with Crippen LogP contribution in [0, 0.1) is 6.92 Å². The number of aryl methyl sites for hydroxylation is 1. The first-order valence-electron chi connectivity index (χ1n) is 5.30. The first kappa shape index (κ1) is 11.9. The van der Waals surface area contributed by atoms with E-state index in [1.165, 1.54) is 0 Å². The maximum absolute atomic E-state index is 9.21. The van der Waals surface area contributed by atoms with Crippen molar-refractivity contribution >= 4 is 11.8 Å². The van der Waals surface area contributed by atoms with Crippen LogP contribution in [0.5, 0.6) is 11.5 Å². The van der Waals surface area contributed by atoms with Gasteiger partial charge in [-0.25, -0.2) is 0 Å². The Morgan fingerprint density at radius 2 is 1.65 bits per heavy atom. The Morgan fingerprint density at radius 3 is 2.24 bits per heavy atom. The van der Waals surface area contributed by atoms with Crippen molar-refractivity contribution in [3.63, 3.8) is 0 Å². The Hall–Kier alpha value is -1.61. The summed E-state index contributed by atoms with van der Waals surface area (Å²) >= 11 is 1.66. The zero-order valence-corrected chi connectivity index (χ0v) is 10.6. The van der Waals surface area contributed by atoms with Gasteiger partial charge in [0.1, 0.15) is 11.5 Å². The van der Waals surface area contributed by atoms with Crippen LogP contribution in [0.25, 0.3) is 0 Å². The number of hydrogen-bond donors (Lipinski definition) is 1. The summed E-state index contributed by atoms with van der Waals surface area (Å²) in [5.41, 5.74) is 1.12. The lowest BCUT2D eigenvalue weighted by atomic mass is 10.2. The van der Waals surface area contributed by atoms with Gasteiger partial charge in [0.25, 0.3) is 0 Å². The lowest BCUT2D eigenvalue weighted by molar-refractivity contribution is 0.411. The largest absolute Gasteiger partial charge is 0.508 e. The van der Waals surface area contributed by atoms with Gasteiger partial charge < -0.3 is 9.84 Å². The van der Waals surface area contributed by atoms with E-state index >= 15 is 0 Å². The van der Waals surface area contributed by atoms with E-state index < -0.39 is 0 Å². The summed E-state index contributed by atoms with van der Waals surface area (Å²) in [5.74, 6) is 1.19. The molecule has 0 radical (unpaired) electrons. The number of benzene rings is 2. The Morgan fingerprint density at radius 1 is 1.00 bits per heavy atom. The molecular formula is C14H14O2S. The molecule has 0 bridgehead atoms. The molecule has 17 heavy (non-hydrogen) atoms. The van der Waals surface area contributed by atoms with Crippen LogP contribution in [0.3, 0.4) is 0 Å². The molecular weight excluding hydrogens is 232 g/mol. The minimum Gasteiger partial charge on any atom is -0.508 e. The van der Waals surface area contributed by atoms with Gasteiger partial charge in [-0.3, -0.25) is 0 Å². The highest BCUT2D eigenvalue weighted by molar-refractivity contribution is 7.99. The van der Waals surface area contributed by atoms with Crippen molar-refractivity contribution < 1.29 is 9.84 Å². The first-order chi connectivity index (χ1) is 8.19. The van der Waals surface area contributed by atoms with Crippen LogP contribution in [0.4, 0.5) is 0 Å². The average Bonchev–Trinajstić information content (AvgIpc) is 2.32. The number of hydrogen-bond acceptors (Lipinski definition) is 3. The number of phenolic OH excluding ortho intramolecular Hbond substituents is 1. The minimum absolute atomic E-state index is 0.292. The third-order valence-corrected chi connectivity index (χ3v) is 3.44. The van der Waals surface area contributed by atoms with Crippen molar-refractivity contribution in [1.29, 1.82) is 0 Å². The lowest BCUT2D eigenvalue weighted by Gasteiger charge is -2.07. The topological polar surface area (TPSA) is 29.5 Å². The molecule has 0 unspecified atom stereocenters. The van der Waals surface area contributed by atoms with Crippen molar-refractivity contribution in [2.75, 3.05) is 7.11 Å². The van der Waals surface area contributed by atoms with Crippen LogP contribution in [0.1, 0.15) is 5.56 Å². The summed E-state index contributed by atoms with van der Waals surface area (Å²) in [7, 11) is 1.68. The second-order valence-electron chi connectivity index (χ2n) is 3.73. The molecule has 3 heteroatoms. The zero-order valence-electron chi connectivity index (χ0n) is 9.81. The summed E-state index contributed by atoms with van der Waals surface area (Å²) in [6.45, 7) is 2.03. The smallest absolute Gasteiger partial charge is 0.121 e. The molecule has 2 rings (SSSR count). The Kier molecular flexibility index (Phi) is 3.59. The van der Waals surface area contributed by atoms with Gasteiger partial charge in [-0.2, -0.15) is 0 Å². The molecule has 0 heterocycles. The van der Waals surface area contributed by atoms with Gasteiger partial charge in [0.2, 0.25) is 0 Å². The van der Waals surface area contributed by atoms with E-state index in [1.807, 2.05) is 31.2 Å².